The Kier molecular flexibility index (Phi) is 9.23. The van der Waals surface area contributed by atoms with E-state index in [4.69, 9.17) is 14.6 Å². The van der Waals surface area contributed by atoms with Crippen LogP contribution in [0.25, 0.3) is 0 Å². The van der Waals surface area contributed by atoms with E-state index in [1.54, 1.807) is 55.1 Å². The van der Waals surface area contributed by atoms with Crippen molar-refractivity contribution in [3.63, 3.8) is 0 Å². The van der Waals surface area contributed by atoms with Crippen molar-refractivity contribution in [3.8, 4) is 11.5 Å². The van der Waals surface area contributed by atoms with Crippen molar-refractivity contribution in [1.29, 1.82) is 0 Å². The first-order valence-corrected chi connectivity index (χ1v) is 14.9. The van der Waals surface area contributed by atoms with E-state index in [0.717, 1.165) is 27.1 Å². The van der Waals surface area contributed by atoms with Gasteiger partial charge in [-0.25, -0.2) is 5.01 Å². The highest BCUT2D eigenvalue weighted by Crippen LogP contribution is 2.34. The number of rotatable bonds is 10. The van der Waals surface area contributed by atoms with E-state index in [1.165, 1.54) is 11.8 Å². The second-order valence-corrected chi connectivity index (χ2v) is 11.3. The number of nitrogens with one attached hydrogen (secondary N) is 1. The molecule has 0 radical (unpaired) electrons. The van der Waals surface area contributed by atoms with Gasteiger partial charge in [0.1, 0.15) is 11.5 Å². The summed E-state index contributed by atoms with van der Waals surface area (Å²) in [5.41, 5.74) is 3.26. The first-order valence-electron chi connectivity index (χ1n) is 13.1. The van der Waals surface area contributed by atoms with Crippen LogP contribution in [0.2, 0.25) is 0 Å². The number of hydrogen-bond donors (Lipinski definition) is 1. The van der Waals surface area contributed by atoms with E-state index in [0.29, 0.717) is 28.7 Å². The van der Waals surface area contributed by atoms with Crippen LogP contribution >= 0.6 is 27.7 Å². The summed E-state index contributed by atoms with van der Waals surface area (Å²) in [4.78, 5) is 26.1. The molecule has 4 aromatic rings. The number of carbonyl (C=O) groups is 2. The number of nitrogens with zero attached hydrogens (tertiary/aromatic N) is 5. The number of carbonyl (C=O) groups excluding carboxylic acids is 2. The third-order valence-electron chi connectivity index (χ3n) is 6.83. The van der Waals surface area contributed by atoms with Gasteiger partial charge in [0.05, 0.1) is 38.3 Å². The molecule has 1 aromatic heterocycles. The van der Waals surface area contributed by atoms with Crippen molar-refractivity contribution < 1.29 is 19.1 Å². The normalized spacial score (nSPS) is 14.4. The minimum atomic E-state index is -0.251. The summed E-state index contributed by atoms with van der Waals surface area (Å²) in [6, 6.07) is 22.3. The number of aromatic nitrogens is 3. The van der Waals surface area contributed by atoms with Crippen molar-refractivity contribution in [2.75, 3.05) is 20.0 Å². The lowest BCUT2D eigenvalue weighted by Gasteiger charge is -2.22. The molecule has 1 aliphatic rings. The molecule has 0 saturated carbocycles. The molecule has 1 unspecified atom stereocenters. The average Bonchev–Trinajstić information content (AvgIpc) is 3.63. The van der Waals surface area contributed by atoms with Gasteiger partial charge in [0.2, 0.25) is 0 Å². The number of ether oxygens (including phenoxy) is 2. The van der Waals surface area contributed by atoms with Crippen molar-refractivity contribution in [2.24, 2.45) is 12.1 Å². The first-order chi connectivity index (χ1) is 20.4. The SMILES string of the molecule is COc1ccc(C2CC(c3ccc(Br)cc3)=NN2C(=O)CSc2nnc(CNC(=O)c3cccc(OC)c3)n2C)cc1. The van der Waals surface area contributed by atoms with Gasteiger partial charge >= 0.3 is 0 Å². The van der Waals surface area contributed by atoms with Crippen LogP contribution in [0.5, 0.6) is 11.5 Å². The maximum absolute atomic E-state index is 13.5. The molecule has 12 heteroatoms. The van der Waals surface area contributed by atoms with Gasteiger partial charge in [-0.3, -0.25) is 9.59 Å². The smallest absolute Gasteiger partial charge is 0.253 e. The van der Waals surface area contributed by atoms with E-state index in [2.05, 4.69) is 31.4 Å². The van der Waals surface area contributed by atoms with Gasteiger partial charge in [0.25, 0.3) is 11.8 Å². The minimum absolute atomic E-state index is 0.117. The molecule has 42 heavy (non-hydrogen) atoms. The standard InChI is InChI=1S/C30H29BrN6O4S/c1-36-27(17-32-29(39)21-5-4-6-24(15-21)41-3)33-34-30(36)42-18-28(38)37-26(20-9-13-23(40-2)14-10-20)16-25(35-37)19-7-11-22(31)12-8-19/h4-15,26H,16-18H2,1-3H3,(H,32,39). The molecule has 0 bridgehead atoms. The largest absolute Gasteiger partial charge is 0.497 e. The minimum Gasteiger partial charge on any atom is -0.497 e. The monoisotopic (exact) mass is 648 g/mol. The molecule has 0 fully saturated rings. The van der Waals surface area contributed by atoms with Crippen LogP contribution in [0.15, 0.2) is 87.5 Å². The Labute approximate surface area is 256 Å². The Morgan fingerprint density at radius 3 is 2.45 bits per heavy atom. The number of amides is 2. The Morgan fingerprint density at radius 2 is 1.74 bits per heavy atom. The molecule has 0 aliphatic carbocycles. The van der Waals surface area contributed by atoms with Crippen LogP contribution in [0, 0.1) is 0 Å². The Morgan fingerprint density at radius 1 is 1.00 bits per heavy atom. The molecular weight excluding hydrogens is 620 g/mol. The third kappa shape index (κ3) is 6.66. The zero-order valence-corrected chi connectivity index (χ0v) is 25.7. The second-order valence-electron chi connectivity index (χ2n) is 9.45. The molecule has 216 valence electrons. The van der Waals surface area contributed by atoms with Crippen molar-refractivity contribution in [1.82, 2.24) is 25.1 Å². The molecule has 10 nitrogen and oxygen atoms in total. The fourth-order valence-electron chi connectivity index (χ4n) is 4.49. The lowest BCUT2D eigenvalue weighted by molar-refractivity contribution is -0.130. The number of hydrazone groups is 1. The molecule has 5 rings (SSSR count). The lowest BCUT2D eigenvalue weighted by Crippen LogP contribution is -2.28. The summed E-state index contributed by atoms with van der Waals surface area (Å²) in [6.07, 6.45) is 0.589. The number of methoxy groups -OCH3 is 2. The summed E-state index contributed by atoms with van der Waals surface area (Å²) in [5, 5.41) is 18.2. The summed E-state index contributed by atoms with van der Waals surface area (Å²) >= 11 is 4.75. The van der Waals surface area contributed by atoms with Gasteiger partial charge in [0.15, 0.2) is 11.0 Å². The second kappa shape index (κ2) is 13.2. The Hall–Kier alpha value is -4.16. The van der Waals surface area contributed by atoms with Crippen LogP contribution < -0.4 is 14.8 Å². The molecule has 1 atom stereocenters. The topological polar surface area (TPSA) is 111 Å². The van der Waals surface area contributed by atoms with Crippen LogP contribution in [0.4, 0.5) is 0 Å². The molecule has 3 aromatic carbocycles. The molecule has 0 saturated heterocycles. The van der Waals surface area contributed by atoms with Crippen molar-refractivity contribution in [3.05, 3.63) is 99.8 Å². The quantitative estimate of drug-likeness (QED) is 0.241. The maximum Gasteiger partial charge on any atom is 0.253 e. The average molecular weight is 650 g/mol. The molecule has 0 spiro atoms. The first kappa shape index (κ1) is 29.3. The number of thioether (sulfide) groups is 1. The maximum atomic E-state index is 13.5. The van der Waals surface area contributed by atoms with Gasteiger partial charge in [-0.15, -0.1) is 10.2 Å². The van der Waals surface area contributed by atoms with Crippen LogP contribution in [0.1, 0.15) is 39.8 Å². The van der Waals surface area contributed by atoms with E-state index in [-0.39, 0.29) is 30.2 Å². The number of hydrogen-bond acceptors (Lipinski definition) is 8. The fraction of sp³-hybridized carbons (Fsp3) is 0.233. The predicted molar refractivity (Wildman–Crippen MR) is 164 cm³/mol. The zero-order valence-electron chi connectivity index (χ0n) is 23.3. The van der Waals surface area contributed by atoms with E-state index in [1.807, 2.05) is 48.5 Å². The zero-order chi connectivity index (χ0) is 29.6. The molecule has 1 aliphatic heterocycles. The van der Waals surface area contributed by atoms with Crippen LogP contribution in [0.3, 0.4) is 0 Å². The Bertz CT molecular complexity index is 1610. The van der Waals surface area contributed by atoms with Gasteiger partial charge < -0.3 is 19.4 Å². The molecule has 2 heterocycles. The van der Waals surface area contributed by atoms with Crippen molar-refractivity contribution in [2.45, 2.75) is 24.2 Å². The van der Waals surface area contributed by atoms with Crippen LogP contribution in [-0.2, 0) is 18.4 Å². The summed E-state index contributed by atoms with van der Waals surface area (Å²) in [5.74, 6) is 1.63. The molecule has 1 N–H and O–H groups in total. The highest BCUT2D eigenvalue weighted by molar-refractivity contribution is 9.10. The summed E-state index contributed by atoms with van der Waals surface area (Å²) < 4.78 is 13.2. The summed E-state index contributed by atoms with van der Waals surface area (Å²) in [6.45, 7) is 0.181. The molecular formula is C30H29BrN6O4S. The highest BCUT2D eigenvalue weighted by Gasteiger charge is 2.33. The molecule has 2 amide bonds. The highest BCUT2D eigenvalue weighted by atomic mass is 79.9. The van der Waals surface area contributed by atoms with E-state index < -0.39 is 0 Å². The third-order valence-corrected chi connectivity index (χ3v) is 8.37. The number of benzene rings is 3. The van der Waals surface area contributed by atoms with E-state index >= 15 is 0 Å². The van der Waals surface area contributed by atoms with Gasteiger partial charge in [0, 0.05) is 23.5 Å². The number of halogens is 1. The van der Waals surface area contributed by atoms with E-state index in [9.17, 15) is 9.59 Å². The van der Waals surface area contributed by atoms with Gasteiger partial charge in [-0.2, -0.15) is 5.10 Å². The fourth-order valence-corrected chi connectivity index (χ4v) is 5.53. The van der Waals surface area contributed by atoms with Crippen LogP contribution in [-0.4, -0.2) is 57.3 Å². The summed E-state index contributed by atoms with van der Waals surface area (Å²) in [7, 11) is 4.98. The van der Waals surface area contributed by atoms with Gasteiger partial charge in [-0.1, -0.05) is 58.0 Å². The van der Waals surface area contributed by atoms with Crippen molar-refractivity contribution >= 4 is 45.2 Å². The van der Waals surface area contributed by atoms with Gasteiger partial charge in [-0.05, 0) is 53.6 Å². The predicted octanol–water partition coefficient (Wildman–Crippen LogP) is 4.99. The lowest BCUT2D eigenvalue weighted by atomic mass is 9.98. The Balaban J connectivity index is 1.26.